The van der Waals surface area contributed by atoms with Crippen molar-refractivity contribution in [3.8, 4) is 0 Å². The molecule has 1 aromatic heterocycles. The van der Waals surface area contributed by atoms with Gasteiger partial charge in [-0.2, -0.15) is 0 Å². The predicted octanol–water partition coefficient (Wildman–Crippen LogP) is -1.63. The molecule has 1 atom stereocenters. The van der Waals surface area contributed by atoms with Crippen LogP contribution in [0.25, 0.3) is 0 Å². The first-order valence-electron chi connectivity index (χ1n) is 5.74. The highest BCUT2D eigenvalue weighted by Gasteiger charge is 2.21. The lowest BCUT2D eigenvalue weighted by Crippen LogP contribution is -2.39. The van der Waals surface area contributed by atoms with Gasteiger partial charge in [-0.05, 0) is 6.42 Å². The van der Waals surface area contributed by atoms with E-state index < -0.39 is 5.97 Å². The number of hydrogen-bond acceptors (Lipinski definition) is 5. The second-order valence-electron chi connectivity index (χ2n) is 4.21. The fraction of sp³-hybridized carbons (Fsp3) is 0.500. The van der Waals surface area contributed by atoms with Gasteiger partial charge >= 0.3 is 5.97 Å². The van der Waals surface area contributed by atoms with E-state index in [4.69, 9.17) is 5.11 Å². The molecule has 1 aromatic rings. The topological polar surface area (TPSA) is 126 Å². The van der Waals surface area contributed by atoms with E-state index in [9.17, 15) is 14.4 Å². The van der Waals surface area contributed by atoms with Crippen molar-refractivity contribution >= 4 is 17.8 Å². The summed E-state index contributed by atoms with van der Waals surface area (Å²) in [6.07, 6.45) is 2.36. The lowest BCUT2D eigenvalue weighted by Gasteiger charge is -2.10. The van der Waals surface area contributed by atoms with Crippen molar-refractivity contribution in [2.24, 2.45) is 0 Å². The number of carboxylic acid groups (broad SMARTS) is 1. The highest BCUT2D eigenvalue weighted by Crippen LogP contribution is 2.04. The summed E-state index contributed by atoms with van der Waals surface area (Å²) in [6, 6.07) is -0.0400. The van der Waals surface area contributed by atoms with Crippen molar-refractivity contribution in [3.05, 3.63) is 11.9 Å². The van der Waals surface area contributed by atoms with E-state index in [0.29, 0.717) is 19.4 Å². The Hall–Kier alpha value is -2.45. The number of nitrogens with zero attached hydrogens (tertiary/aromatic N) is 3. The maximum atomic E-state index is 11.6. The van der Waals surface area contributed by atoms with Gasteiger partial charge in [-0.15, -0.1) is 5.10 Å². The third-order valence-electron chi connectivity index (χ3n) is 2.69. The van der Waals surface area contributed by atoms with E-state index in [1.54, 1.807) is 0 Å². The summed E-state index contributed by atoms with van der Waals surface area (Å²) in [5.74, 6) is -1.52. The van der Waals surface area contributed by atoms with Gasteiger partial charge in [0.25, 0.3) is 0 Å². The number of aromatic carboxylic acids is 1. The van der Waals surface area contributed by atoms with Crippen LogP contribution in [0.5, 0.6) is 0 Å². The second-order valence-corrected chi connectivity index (χ2v) is 4.21. The highest BCUT2D eigenvalue weighted by molar-refractivity contribution is 5.84. The van der Waals surface area contributed by atoms with E-state index >= 15 is 0 Å². The number of rotatable bonds is 5. The summed E-state index contributed by atoms with van der Waals surface area (Å²) < 4.78 is 1.14. The largest absolute Gasteiger partial charge is 0.476 e. The number of carboxylic acids is 1. The van der Waals surface area contributed by atoms with Crippen molar-refractivity contribution < 1.29 is 19.5 Å². The molecule has 1 fully saturated rings. The molecule has 2 rings (SSSR count). The number of aromatic nitrogens is 3. The molecule has 0 aliphatic carbocycles. The fourth-order valence-corrected chi connectivity index (χ4v) is 1.74. The summed E-state index contributed by atoms with van der Waals surface area (Å²) in [4.78, 5) is 33.1. The Kier molecular flexibility index (Phi) is 3.74. The lowest BCUT2D eigenvalue weighted by atomic mass is 10.2. The summed E-state index contributed by atoms with van der Waals surface area (Å²) in [5.41, 5.74) is -0.212. The van der Waals surface area contributed by atoms with E-state index in [1.165, 1.54) is 6.20 Å². The Morgan fingerprint density at radius 2 is 2.37 bits per heavy atom. The Morgan fingerprint density at radius 1 is 1.58 bits per heavy atom. The molecule has 3 N–H and O–H groups in total. The summed E-state index contributed by atoms with van der Waals surface area (Å²) in [7, 11) is 0. The van der Waals surface area contributed by atoms with Crippen LogP contribution in [-0.4, -0.2) is 50.5 Å². The Balaban J connectivity index is 1.77. The van der Waals surface area contributed by atoms with E-state index in [1.807, 2.05) is 0 Å². The zero-order valence-corrected chi connectivity index (χ0v) is 10.00. The Labute approximate surface area is 108 Å². The van der Waals surface area contributed by atoms with Crippen LogP contribution in [-0.2, 0) is 16.1 Å². The number of amides is 2. The first-order chi connectivity index (χ1) is 9.04. The molecule has 1 unspecified atom stereocenters. The molecule has 2 heterocycles. The number of carbonyl (C=O) groups excluding carboxylic acids is 2. The third kappa shape index (κ3) is 3.50. The fourth-order valence-electron chi connectivity index (χ4n) is 1.74. The zero-order chi connectivity index (χ0) is 13.8. The van der Waals surface area contributed by atoms with Gasteiger partial charge in [0.2, 0.25) is 11.8 Å². The minimum Gasteiger partial charge on any atom is -0.476 e. The van der Waals surface area contributed by atoms with Gasteiger partial charge in [-0.1, -0.05) is 5.21 Å². The van der Waals surface area contributed by atoms with Gasteiger partial charge in [-0.3, -0.25) is 9.59 Å². The number of nitrogens with one attached hydrogen (secondary N) is 2. The van der Waals surface area contributed by atoms with Crippen LogP contribution in [0.4, 0.5) is 0 Å². The molecule has 0 spiro atoms. The van der Waals surface area contributed by atoms with Crippen LogP contribution >= 0.6 is 0 Å². The second kappa shape index (κ2) is 5.46. The number of hydrogen-bond donors (Lipinski definition) is 3. The molecule has 0 saturated carbocycles. The van der Waals surface area contributed by atoms with E-state index in [0.717, 1.165) is 4.68 Å². The maximum Gasteiger partial charge on any atom is 0.358 e. The van der Waals surface area contributed by atoms with Gasteiger partial charge in [0.15, 0.2) is 5.69 Å². The van der Waals surface area contributed by atoms with Gasteiger partial charge < -0.3 is 15.7 Å². The molecule has 1 saturated heterocycles. The number of carbonyl (C=O) groups is 3. The molecule has 0 aromatic carbocycles. The van der Waals surface area contributed by atoms with Crippen LogP contribution in [0.3, 0.4) is 0 Å². The summed E-state index contributed by atoms with van der Waals surface area (Å²) >= 11 is 0. The van der Waals surface area contributed by atoms with Crippen LogP contribution < -0.4 is 10.6 Å². The molecule has 0 bridgehead atoms. The lowest BCUT2D eigenvalue weighted by molar-refractivity contribution is -0.122. The first kappa shape index (κ1) is 13.0. The third-order valence-corrected chi connectivity index (χ3v) is 2.69. The van der Waals surface area contributed by atoms with Crippen LogP contribution in [0.15, 0.2) is 6.20 Å². The molecule has 102 valence electrons. The summed E-state index contributed by atoms with van der Waals surface area (Å²) in [6.45, 7) is 0.242. The van der Waals surface area contributed by atoms with E-state index in [-0.39, 0.29) is 30.1 Å². The predicted molar refractivity (Wildman–Crippen MR) is 61.2 cm³/mol. The molecule has 1 aliphatic rings. The van der Waals surface area contributed by atoms with Gasteiger partial charge in [0, 0.05) is 19.0 Å². The van der Waals surface area contributed by atoms with E-state index in [2.05, 4.69) is 20.9 Å². The standard InChI is InChI=1S/C10H13N5O4/c16-8-2-1-6(12-8)3-11-9(17)5-15-4-7(10(18)19)13-14-15/h4,6H,1-3,5H2,(H,11,17)(H,12,16)(H,18,19). The van der Waals surface area contributed by atoms with Crippen molar-refractivity contribution in [2.75, 3.05) is 6.54 Å². The Bertz CT molecular complexity index is 512. The molecule has 1 aliphatic heterocycles. The monoisotopic (exact) mass is 267 g/mol. The van der Waals surface area contributed by atoms with Gasteiger partial charge in [0.1, 0.15) is 6.54 Å². The SMILES string of the molecule is O=C(Cn1cc(C(=O)O)nn1)NCC1CCC(=O)N1. The average Bonchev–Trinajstić information content (AvgIpc) is 2.96. The maximum absolute atomic E-state index is 11.6. The normalized spacial score (nSPS) is 18.1. The zero-order valence-electron chi connectivity index (χ0n) is 10.00. The molecular weight excluding hydrogens is 254 g/mol. The highest BCUT2D eigenvalue weighted by atomic mass is 16.4. The molecule has 0 radical (unpaired) electrons. The van der Waals surface area contributed by atoms with Gasteiger partial charge in [0.05, 0.1) is 6.20 Å². The molecule has 9 nitrogen and oxygen atoms in total. The minimum absolute atomic E-state index is 0.0124. The molecular formula is C10H13N5O4. The van der Waals surface area contributed by atoms with Crippen molar-refractivity contribution in [3.63, 3.8) is 0 Å². The van der Waals surface area contributed by atoms with Crippen molar-refractivity contribution in [1.82, 2.24) is 25.6 Å². The first-order valence-corrected chi connectivity index (χ1v) is 5.74. The quantitative estimate of drug-likeness (QED) is 0.588. The van der Waals surface area contributed by atoms with Gasteiger partial charge in [-0.25, -0.2) is 9.48 Å². The average molecular weight is 267 g/mol. The minimum atomic E-state index is -1.19. The molecule has 9 heteroatoms. The smallest absolute Gasteiger partial charge is 0.358 e. The van der Waals surface area contributed by atoms with Crippen molar-refractivity contribution in [1.29, 1.82) is 0 Å². The van der Waals surface area contributed by atoms with Crippen molar-refractivity contribution in [2.45, 2.75) is 25.4 Å². The molecule has 19 heavy (non-hydrogen) atoms. The Morgan fingerprint density at radius 3 is 2.95 bits per heavy atom. The summed E-state index contributed by atoms with van der Waals surface area (Å²) in [5, 5.41) is 20.9. The van der Waals surface area contributed by atoms with Crippen LogP contribution in [0.1, 0.15) is 23.3 Å². The van der Waals surface area contributed by atoms with Crippen LogP contribution in [0, 0.1) is 0 Å². The van der Waals surface area contributed by atoms with Crippen LogP contribution in [0.2, 0.25) is 0 Å². The molecule has 2 amide bonds.